The van der Waals surface area contributed by atoms with E-state index in [1.54, 1.807) is 30.0 Å². The SMILES string of the molecule is COc1cc(NC(=O)N2CCc3nc(NC(=O)c4cc(C)on4)sc3C2)cc(OC)c1OC. The van der Waals surface area contributed by atoms with Gasteiger partial charge in [0.1, 0.15) is 5.76 Å². The Balaban J connectivity index is 1.44. The number of nitrogens with one attached hydrogen (secondary N) is 2. The first kappa shape index (κ1) is 22.4. The molecule has 0 bridgehead atoms. The van der Waals surface area contributed by atoms with Crippen LogP contribution in [0.15, 0.2) is 22.7 Å². The molecular weight excluding hydrogens is 450 g/mol. The summed E-state index contributed by atoms with van der Waals surface area (Å²) in [5, 5.41) is 9.77. The number of fused-ring (bicyclic) bond motifs is 1. The van der Waals surface area contributed by atoms with Gasteiger partial charge in [-0.15, -0.1) is 0 Å². The Morgan fingerprint density at radius 1 is 1.09 bits per heavy atom. The monoisotopic (exact) mass is 473 g/mol. The predicted octanol–water partition coefficient (Wildman–Crippen LogP) is 3.31. The fourth-order valence-corrected chi connectivity index (χ4v) is 4.43. The highest BCUT2D eigenvalue weighted by Gasteiger charge is 2.26. The standard InChI is InChI=1S/C21H23N5O6S/c1-11-7-14(25-32-11)19(27)24-20-23-13-5-6-26(10-17(13)33-20)21(28)22-12-8-15(29-2)18(31-4)16(9-12)30-3/h7-9H,5-6,10H2,1-4H3,(H,22,28)(H,23,24,27). The number of rotatable bonds is 6. The topological polar surface area (TPSA) is 128 Å². The molecule has 0 saturated carbocycles. The van der Waals surface area contributed by atoms with E-state index in [-0.39, 0.29) is 11.7 Å². The fraction of sp³-hybridized carbons (Fsp3) is 0.333. The molecule has 12 heteroatoms. The molecule has 3 heterocycles. The van der Waals surface area contributed by atoms with Gasteiger partial charge in [-0.3, -0.25) is 10.1 Å². The first-order chi connectivity index (χ1) is 15.9. The van der Waals surface area contributed by atoms with Gasteiger partial charge in [0.2, 0.25) is 5.75 Å². The van der Waals surface area contributed by atoms with Gasteiger partial charge in [-0.1, -0.05) is 16.5 Å². The first-order valence-electron chi connectivity index (χ1n) is 10.0. The Morgan fingerprint density at radius 3 is 2.42 bits per heavy atom. The van der Waals surface area contributed by atoms with Gasteiger partial charge >= 0.3 is 6.03 Å². The molecule has 1 aliphatic rings. The van der Waals surface area contributed by atoms with Gasteiger partial charge in [-0.05, 0) is 6.92 Å². The van der Waals surface area contributed by atoms with Crippen molar-refractivity contribution >= 4 is 34.1 Å². The average molecular weight is 474 g/mol. The van der Waals surface area contributed by atoms with Crippen LogP contribution in [0.5, 0.6) is 17.2 Å². The molecule has 0 saturated heterocycles. The second-order valence-electron chi connectivity index (χ2n) is 7.18. The van der Waals surface area contributed by atoms with E-state index in [1.807, 2.05) is 0 Å². The number of carbonyl (C=O) groups excluding carboxylic acids is 2. The largest absolute Gasteiger partial charge is 0.493 e. The van der Waals surface area contributed by atoms with Crippen molar-refractivity contribution < 1.29 is 28.3 Å². The van der Waals surface area contributed by atoms with E-state index in [0.717, 1.165) is 10.6 Å². The Morgan fingerprint density at radius 2 is 1.82 bits per heavy atom. The molecule has 0 fully saturated rings. The predicted molar refractivity (Wildman–Crippen MR) is 121 cm³/mol. The summed E-state index contributed by atoms with van der Waals surface area (Å²) in [4.78, 5) is 32.3. The molecule has 0 unspecified atom stereocenters. The van der Waals surface area contributed by atoms with E-state index in [9.17, 15) is 9.59 Å². The van der Waals surface area contributed by atoms with Crippen molar-refractivity contribution in [3.8, 4) is 17.2 Å². The molecule has 3 amide bonds. The van der Waals surface area contributed by atoms with Crippen LogP contribution in [0.25, 0.3) is 0 Å². The number of anilines is 2. The second-order valence-corrected chi connectivity index (χ2v) is 8.27. The van der Waals surface area contributed by atoms with Gasteiger partial charge in [0.25, 0.3) is 5.91 Å². The molecule has 0 spiro atoms. The molecule has 2 N–H and O–H groups in total. The average Bonchev–Trinajstić information content (AvgIpc) is 3.43. The normalized spacial score (nSPS) is 12.7. The molecule has 33 heavy (non-hydrogen) atoms. The maximum atomic E-state index is 12.9. The number of nitrogens with zero attached hydrogens (tertiary/aromatic N) is 3. The summed E-state index contributed by atoms with van der Waals surface area (Å²) in [6.45, 7) is 2.58. The lowest BCUT2D eigenvalue weighted by Gasteiger charge is -2.26. The number of hydrogen-bond acceptors (Lipinski definition) is 9. The minimum absolute atomic E-state index is 0.187. The lowest BCUT2D eigenvalue weighted by Crippen LogP contribution is -2.38. The van der Waals surface area contributed by atoms with Crippen LogP contribution >= 0.6 is 11.3 Å². The number of aromatic nitrogens is 2. The van der Waals surface area contributed by atoms with Crippen LogP contribution in [0.3, 0.4) is 0 Å². The maximum Gasteiger partial charge on any atom is 0.322 e. The first-order valence-corrected chi connectivity index (χ1v) is 10.8. The molecule has 0 aliphatic carbocycles. The van der Waals surface area contributed by atoms with Crippen LogP contribution in [0, 0.1) is 6.92 Å². The molecule has 0 atom stereocenters. The molecule has 174 valence electrons. The summed E-state index contributed by atoms with van der Waals surface area (Å²) in [6.07, 6.45) is 0.577. The van der Waals surface area contributed by atoms with E-state index in [4.69, 9.17) is 18.7 Å². The zero-order chi connectivity index (χ0) is 23.5. The fourth-order valence-electron chi connectivity index (χ4n) is 3.41. The van der Waals surface area contributed by atoms with Crippen molar-refractivity contribution in [3.05, 3.63) is 40.2 Å². The third-order valence-corrected chi connectivity index (χ3v) is 6.01. The quantitative estimate of drug-likeness (QED) is 0.558. The van der Waals surface area contributed by atoms with Gasteiger partial charge in [0, 0.05) is 36.0 Å². The summed E-state index contributed by atoms with van der Waals surface area (Å²) >= 11 is 1.33. The number of hydrogen-bond donors (Lipinski definition) is 2. The summed E-state index contributed by atoms with van der Waals surface area (Å²) in [5.41, 5.74) is 1.57. The van der Waals surface area contributed by atoms with E-state index in [2.05, 4.69) is 20.8 Å². The Kier molecular flexibility index (Phi) is 6.36. The molecule has 1 aliphatic heterocycles. The number of amides is 3. The van der Waals surface area contributed by atoms with Crippen LogP contribution in [-0.4, -0.2) is 54.9 Å². The molecule has 4 rings (SSSR count). The summed E-state index contributed by atoms with van der Waals surface area (Å²) in [7, 11) is 4.54. The zero-order valence-corrected chi connectivity index (χ0v) is 19.4. The highest BCUT2D eigenvalue weighted by Crippen LogP contribution is 2.40. The van der Waals surface area contributed by atoms with Crippen LogP contribution in [0.2, 0.25) is 0 Å². The van der Waals surface area contributed by atoms with Crippen LogP contribution < -0.4 is 24.8 Å². The van der Waals surface area contributed by atoms with E-state index < -0.39 is 5.91 Å². The van der Waals surface area contributed by atoms with E-state index in [1.165, 1.54) is 32.7 Å². The molecule has 1 aromatic carbocycles. The van der Waals surface area contributed by atoms with Gasteiger partial charge in [-0.25, -0.2) is 9.78 Å². The van der Waals surface area contributed by atoms with Gasteiger partial charge in [0.05, 0.1) is 39.3 Å². The lowest BCUT2D eigenvalue weighted by atomic mass is 10.2. The minimum atomic E-state index is -0.394. The Hall–Kier alpha value is -3.80. The summed E-state index contributed by atoms with van der Waals surface area (Å²) < 4.78 is 20.9. The third kappa shape index (κ3) is 4.70. The van der Waals surface area contributed by atoms with Crippen LogP contribution in [0.4, 0.5) is 15.6 Å². The molecule has 2 aromatic heterocycles. The number of methoxy groups -OCH3 is 3. The number of ether oxygens (including phenoxy) is 3. The van der Waals surface area contributed by atoms with Crippen molar-refractivity contribution in [3.63, 3.8) is 0 Å². The molecular formula is C21H23N5O6S. The van der Waals surface area contributed by atoms with Crippen LogP contribution in [-0.2, 0) is 13.0 Å². The number of aryl methyl sites for hydroxylation is 1. The molecule has 0 radical (unpaired) electrons. The number of thiazole rings is 1. The summed E-state index contributed by atoms with van der Waals surface area (Å²) in [5.74, 6) is 1.49. The Labute approximate surface area is 193 Å². The smallest absolute Gasteiger partial charge is 0.322 e. The maximum absolute atomic E-state index is 12.9. The Bertz CT molecular complexity index is 1160. The zero-order valence-electron chi connectivity index (χ0n) is 18.6. The number of urea groups is 1. The van der Waals surface area contributed by atoms with Crippen molar-refractivity contribution in [1.82, 2.24) is 15.0 Å². The highest BCUT2D eigenvalue weighted by atomic mass is 32.1. The van der Waals surface area contributed by atoms with Crippen molar-refractivity contribution in [1.29, 1.82) is 0 Å². The second kappa shape index (κ2) is 9.36. The summed E-state index contributed by atoms with van der Waals surface area (Å²) in [6, 6.07) is 4.62. The van der Waals surface area contributed by atoms with Crippen molar-refractivity contribution in [2.45, 2.75) is 19.9 Å². The lowest BCUT2D eigenvalue weighted by molar-refractivity contribution is 0.101. The van der Waals surface area contributed by atoms with Crippen molar-refractivity contribution in [2.75, 3.05) is 38.5 Å². The molecule has 11 nitrogen and oxygen atoms in total. The van der Waals surface area contributed by atoms with E-state index in [0.29, 0.717) is 53.3 Å². The molecule has 3 aromatic rings. The number of carbonyl (C=O) groups is 2. The van der Waals surface area contributed by atoms with E-state index >= 15 is 0 Å². The highest BCUT2D eigenvalue weighted by molar-refractivity contribution is 7.15. The van der Waals surface area contributed by atoms with Crippen LogP contribution in [0.1, 0.15) is 26.8 Å². The van der Waals surface area contributed by atoms with Gasteiger partial charge in [0.15, 0.2) is 22.3 Å². The van der Waals surface area contributed by atoms with Crippen molar-refractivity contribution in [2.24, 2.45) is 0 Å². The van der Waals surface area contributed by atoms with Gasteiger partial charge in [-0.2, -0.15) is 0 Å². The minimum Gasteiger partial charge on any atom is -0.493 e. The van der Waals surface area contributed by atoms with Gasteiger partial charge < -0.3 is 29.0 Å². The number of benzene rings is 1. The third-order valence-electron chi connectivity index (χ3n) is 5.02.